The maximum Gasteiger partial charge on any atom is 0.336 e. The van der Waals surface area contributed by atoms with E-state index in [-0.39, 0.29) is 11.1 Å². The molecule has 2 aromatic carbocycles. The molecular weight excluding hydrogens is 348 g/mol. The Hall–Kier alpha value is -2.14. The number of carbonyl (C=O) groups is 2. The Morgan fingerprint density at radius 1 is 0.909 bits per heavy atom. The van der Waals surface area contributed by atoms with Crippen molar-refractivity contribution in [3.63, 3.8) is 0 Å². The zero-order valence-corrected chi connectivity index (χ0v) is 13.3. The monoisotopic (exact) mass is 362 g/mol. The van der Waals surface area contributed by atoms with Crippen LogP contribution in [-0.2, 0) is 12.8 Å². The predicted octanol–water partition coefficient (Wildman–Crippen LogP) is 3.61. The first-order chi connectivity index (χ1) is 10.5. The van der Waals surface area contributed by atoms with Gasteiger partial charge in [0.15, 0.2) is 0 Å². The van der Waals surface area contributed by atoms with Crippen LogP contribution in [0.2, 0.25) is 0 Å². The molecule has 2 aromatic rings. The first kappa shape index (κ1) is 16.2. The van der Waals surface area contributed by atoms with Gasteiger partial charge in [0.25, 0.3) is 0 Å². The molecule has 0 spiro atoms. The first-order valence-corrected chi connectivity index (χ1v) is 7.87. The van der Waals surface area contributed by atoms with Crippen molar-refractivity contribution in [2.75, 3.05) is 5.33 Å². The number of aryl methyl sites for hydroxylation is 1. The largest absolute Gasteiger partial charge is 0.478 e. The number of benzene rings is 2. The van der Waals surface area contributed by atoms with Crippen LogP contribution in [0.3, 0.4) is 0 Å². The van der Waals surface area contributed by atoms with E-state index in [4.69, 9.17) is 5.11 Å². The summed E-state index contributed by atoms with van der Waals surface area (Å²) in [6.45, 7) is 0. The van der Waals surface area contributed by atoms with E-state index in [1.807, 2.05) is 24.3 Å². The van der Waals surface area contributed by atoms with Crippen molar-refractivity contribution in [3.05, 3.63) is 70.3 Å². The van der Waals surface area contributed by atoms with Gasteiger partial charge in [0.2, 0.25) is 0 Å². The van der Waals surface area contributed by atoms with Gasteiger partial charge in [-0.25, -0.2) is 9.59 Å². The third-order valence-electron chi connectivity index (χ3n) is 3.45. The van der Waals surface area contributed by atoms with Crippen LogP contribution in [0.1, 0.15) is 37.4 Å². The molecule has 0 aromatic heterocycles. The van der Waals surface area contributed by atoms with E-state index in [0.717, 1.165) is 22.9 Å². The van der Waals surface area contributed by atoms with Crippen molar-refractivity contribution in [1.29, 1.82) is 0 Å². The molecule has 0 amide bonds. The second-order valence-corrected chi connectivity index (χ2v) is 5.66. The molecule has 22 heavy (non-hydrogen) atoms. The van der Waals surface area contributed by atoms with Crippen molar-refractivity contribution in [2.45, 2.75) is 12.8 Å². The number of alkyl halides is 1. The number of hydrogen-bond donors (Lipinski definition) is 2. The minimum Gasteiger partial charge on any atom is -0.478 e. The predicted molar refractivity (Wildman–Crippen MR) is 87.1 cm³/mol. The average Bonchev–Trinajstić information content (AvgIpc) is 2.49. The molecule has 0 radical (unpaired) electrons. The fourth-order valence-electron chi connectivity index (χ4n) is 2.34. The molecule has 0 atom stereocenters. The molecule has 2 rings (SSSR count). The van der Waals surface area contributed by atoms with E-state index in [1.165, 1.54) is 12.1 Å². The summed E-state index contributed by atoms with van der Waals surface area (Å²) in [4.78, 5) is 22.4. The van der Waals surface area contributed by atoms with Gasteiger partial charge in [-0.05, 0) is 41.7 Å². The molecule has 114 valence electrons. The van der Waals surface area contributed by atoms with Gasteiger partial charge in [0.1, 0.15) is 0 Å². The number of aromatic carboxylic acids is 2. The standard InChI is InChI=1S/C17H15BrO4/c18-8-7-11-3-1-2-4-12(11)9-13-5-6-14(16(19)20)10-15(13)17(21)22/h1-6,10H,7-9H2,(H,19,20)(H,21,22). The lowest BCUT2D eigenvalue weighted by atomic mass is 9.94. The molecule has 0 aliphatic heterocycles. The van der Waals surface area contributed by atoms with Crippen LogP contribution in [0.4, 0.5) is 0 Å². The van der Waals surface area contributed by atoms with Gasteiger partial charge in [-0.1, -0.05) is 46.3 Å². The van der Waals surface area contributed by atoms with E-state index in [9.17, 15) is 14.7 Å². The zero-order valence-electron chi connectivity index (χ0n) is 11.8. The maximum absolute atomic E-state index is 11.4. The normalized spacial score (nSPS) is 10.4. The molecule has 4 nitrogen and oxygen atoms in total. The molecular formula is C17H15BrO4. The minimum atomic E-state index is -1.13. The van der Waals surface area contributed by atoms with E-state index >= 15 is 0 Å². The van der Waals surface area contributed by atoms with E-state index < -0.39 is 11.9 Å². The van der Waals surface area contributed by atoms with Crippen molar-refractivity contribution in [2.24, 2.45) is 0 Å². The van der Waals surface area contributed by atoms with E-state index in [2.05, 4.69) is 15.9 Å². The molecule has 5 heteroatoms. The SMILES string of the molecule is O=C(O)c1ccc(Cc2ccccc2CCBr)c(C(=O)O)c1. The quantitative estimate of drug-likeness (QED) is 0.769. The molecule has 0 fully saturated rings. The van der Waals surface area contributed by atoms with Crippen LogP contribution in [-0.4, -0.2) is 27.5 Å². The van der Waals surface area contributed by atoms with Crippen LogP contribution in [0.5, 0.6) is 0 Å². The number of rotatable bonds is 6. The Morgan fingerprint density at radius 3 is 2.18 bits per heavy atom. The molecule has 0 saturated heterocycles. The van der Waals surface area contributed by atoms with E-state index in [1.54, 1.807) is 6.07 Å². The Morgan fingerprint density at radius 2 is 1.59 bits per heavy atom. The van der Waals surface area contributed by atoms with Crippen LogP contribution in [0.25, 0.3) is 0 Å². The summed E-state index contributed by atoms with van der Waals surface area (Å²) in [6, 6.07) is 12.1. The van der Waals surface area contributed by atoms with Gasteiger partial charge >= 0.3 is 11.9 Å². The summed E-state index contributed by atoms with van der Waals surface area (Å²) in [5, 5.41) is 19.1. The number of carboxylic acid groups (broad SMARTS) is 2. The van der Waals surface area contributed by atoms with Crippen molar-refractivity contribution >= 4 is 27.9 Å². The van der Waals surface area contributed by atoms with Crippen molar-refractivity contribution in [1.82, 2.24) is 0 Å². The highest BCUT2D eigenvalue weighted by Gasteiger charge is 2.15. The summed E-state index contributed by atoms with van der Waals surface area (Å²) in [5.74, 6) is -2.25. The lowest BCUT2D eigenvalue weighted by Gasteiger charge is -2.11. The minimum absolute atomic E-state index is 0.0186. The molecule has 0 aliphatic rings. The maximum atomic E-state index is 11.4. The second-order valence-electron chi connectivity index (χ2n) is 4.87. The Bertz CT molecular complexity index is 710. The second kappa shape index (κ2) is 7.22. The van der Waals surface area contributed by atoms with Crippen molar-refractivity contribution < 1.29 is 19.8 Å². The van der Waals surface area contributed by atoms with Gasteiger partial charge in [-0.15, -0.1) is 0 Å². The molecule has 0 aliphatic carbocycles. The molecule has 0 heterocycles. The third kappa shape index (κ3) is 3.74. The summed E-state index contributed by atoms with van der Waals surface area (Å²) in [6.07, 6.45) is 1.32. The Labute approximate surface area is 136 Å². The summed E-state index contributed by atoms with van der Waals surface area (Å²) >= 11 is 3.41. The highest BCUT2D eigenvalue weighted by Crippen LogP contribution is 2.20. The van der Waals surface area contributed by atoms with Gasteiger partial charge in [0, 0.05) is 5.33 Å². The highest BCUT2D eigenvalue weighted by atomic mass is 79.9. The van der Waals surface area contributed by atoms with Gasteiger partial charge < -0.3 is 10.2 Å². The molecule has 0 saturated carbocycles. The van der Waals surface area contributed by atoms with E-state index in [0.29, 0.717) is 12.0 Å². The fourth-order valence-corrected chi connectivity index (χ4v) is 2.77. The van der Waals surface area contributed by atoms with Crippen LogP contribution < -0.4 is 0 Å². The number of carboxylic acids is 2. The van der Waals surface area contributed by atoms with Gasteiger partial charge in [-0.2, -0.15) is 0 Å². The number of hydrogen-bond acceptors (Lipinski definition) is 2. The average molecular weight is 363 g/mol. The van der Waals surface area contributed by atoms with Crippen LogP contribution in [0.15, 0.2) is 42.5 Å². The summed E-state index contributed by atoms with van der Waals surface area (Å²) < 4.78 is 0. The van der Waals surface area contributed by atoms with Crippen LogP contribution in [0, 0.1) is 0 Å². The van der Waals surface area contributed by atoms with Crippen molar-refractivity contribution in [3.8, 4) is 0 Å². The fraction of sp³-hybridized carbons (Fsp3) is 0.176. The smallest absolute Gasteiger partial charge is 0.336 e. The lowest BCUT2D eigenvalue weighted by molar-refractivity contribution is 0.0695. The topological polar surface area (TPSA) is 74.6 Å². The zero-order chi connectivity index (χ0) is 16.1. The molecule has 2 N–H and O–H groups in total. The van der Waals surface area contributed by atoms with Gasteiger partial charge in [0.05, 0.1) is 11.1 Å². The summed E-state index contributed by atoms with van der Waals surface area (Å²) in [5.41, 5.74) is 2.83. The molecule has 0 bridgehead atoms. The van der Waals surface area contributed by atoms with Crippen LogP contribution >= 0.6 is 15.9 Å². The Balaban J connectivity index is 2.41. The third-order valence-corrected chi connectivity index (χ3v) is 3.85. The highest BCUT2D eigenvalue weighted by molar-refractivity contribution is 9.09. The Kier molecular flexibility index (Phi) is 5.33. The first-order valence-electron chi connectivity index (χ1n) is 6.75. The lowest BCUT2D eigenvalue weighted by Crippen LogP contribution is -2.07. The van der Waals surface area contributed by atoms with Gasteiger partial charge in [-0.3, -0.25) is 0 Å². The molecule has 0 unspecified atom stereocenters. The number of halogens is 1. The summed E-state index contributed by atoms with van der Waals surface area (Å²) in [7, 11) is 0.